The molecule has 2 amide bonds. The van der Waals surface area contributed by atoms with Gasteiger partial charge in [-0.1, -0.05) is 29.8 Å². The van der Waals surface area contributed by atoms with Gasteiger partial charge in [-0.05, 0) is 37.8 Å². The molecule has 13 heteroatoms. The van der Waals surface area contributed by atoms with Crippen LogP contribution in [0.5, 0.6) is 0 Å². The van der Waals surface area contributed by atoms with Crippen LogP contribution in [-0.4, -0.2) is 57.4 Å². The van der Waals surface area contributed by atoms with E-state index in [4.69, 9.17) is 22.1 Å². The van der Waals surface area contributed by atoms with Crippen molar-refractivity contribution >= 4 is 23.4 Å². The van der Waals surface area contributed by atoms with E-state index in [1.54, 1.807) is 16.8 Å². The first-order chi connectivity index (χ1) is 18.1. The van der Waals surface area contributed by atoms with Crippen molar-refractivity contribution in [2.24, 2.45) is 5.73 Å². The van der Waals surface area contributed by atoms with Crippen LogP contribution in [0, 0.1) is 0 Å². The van der Waals surface area contributed by atoms with Gasteiger partial charge in [0, 0.05) is 37.4 Å². The number of amides is 2. The topological polar surface area (TPSA) is 106 Å². The Morgan fingerprint density at radius 1 is 1.26 bits per heavy atom. The molecule has 3 aliphatic rings. The Morgan fingerprint density at radius 2 is 2.03 bits per heavy atom. The molecule has 204 valence electrons. The summed E-state index contributed by atoms with van der Waals surface area (Å²) >= 11 is 6.61. The molecule has 0 radical (unpaired) electrons. The third-order valence-electron chi connectivity index (χ3n) is 7.25. The van der Waals surface area contributed by atoms with Gasteiger partial charge >= 0.3 is 6.18 Å². The lowest BCUT2D eigenvalue weighted by Crippen LogP contribution is -2.56. The van der Waals surface area contributed by atoms with Crippen LogP contribution in [0.1, 0.15) is 65.1 Å². The van der Waals surface area contributed by atoms with Gasteiger partial charge in [0.05, 0.1) is 23.2 Å². The molecule has 38 heavy (non-hydrogen) atoms. The monoisotopic (exact) mass is 552 g/mol. The summed E-state index contributed by atoms with van der Waals surface area (Å²) in [5, 5.41) is 6.38. The van der Waals surface area contributed by atoms with E-state index in [9.17, 15) is 22.8 Å². The Kier molecular flexibility index (Phi) is 7.14. The number of aromatic nitrogens is 2. The quantitative estimate of drug-likeness (QED) is 0.590. The third-order valence-corrected chi connectivity index (χ3v) is 7.55. The lowest BCUT2D eigenvalue weighted by molar-refractivity contribution is -0.141. The fourth-order valence-corrected chi connectivity index (χ4v) is 5.77. The molecule has 1 fully saturated rings. The number of nitrogens with one attached hydrogen (secondary N) is 1. The highest BCUT2D eigenvalue weighted by Crippen LogP contribution is 2.37. The van der Waals surface area contributed by atoms with Crippen molar-refractivity contribution in [1.82, 2.24) is 25.1 Å². The van der Waals surface area contributed by atoms with Crippen molar-refractivity contribution < 1.29 is 27.5 Å². The summed E-state index contributed by atoms with van der Waals surface area (Å²) in [4.78, 5) is 27.2. The zero-order valence-corrected chi connectivity index (χ0v) is 21.5. The van der Waals surface area contributed by atoms with E-state index in [0.717, 1.165) is 25.3 Å². The summed E-state index contributed by atoms with van der Waals surface area (Å²) in [6.45, 7) is 2.95. The number of hydrogen-bond acceptors (Lipinski definition) is 6. The molecule has 5 rings (SSSR count). The summed E-state index contributed by atoms with van der Waals surface area (Å²) in [6, 6.07) is 4.48. The minimum atomic E-state index is -4.55. The Hall–Kier alpha value is -3.09. The first-order valence-corrected chi connectivity index (χ1v) is 12.8. The largest absolute Gasteiger partial charge is 0.416 e. The van der Waals surface area contributed by atoms with Gasteiger partial charge in [0.1, 0.15) is 11.9 Å². The highest BCUT2D eigenvalue weighted by atomic mass is 35.5. The number of ether oxygens (including phenoxy) is 1. The van der Waals surface area contributed by atoms with Gasteiger partial charge in [0.15, 0.2) is 5.69 Å². The second kappa shape index (κ2) is 10.2. The van der Waals surface area contributed by atoms with Gasteiger partial charge in [0.25, 0.3) is 11.8 Å². The first kappa shape index (κ1) is 26.5. The van der Waals surface area contributed by atoms with Gasteiger partial charge in [0.2, 0.25) is 0 Å². The number of hydrazine groups is 1. The van der Waals surface area contributed by atoms with E-state index >= 15 is 0 Å². The molecule has 0 bridgehead atoms. The minimum absolute atomic E-state index is 0.0335. The maximum atomic E-state index is 13.7. The van der Waals surface area contributed by atoms with Gasteiger partial charge < -0.3 is 15.4 Å². The Balaban J connectivity index is 1.45. The molecule has 2 unspecified atom stereocenters. The number of primary amides is 1. The van der Waals surface area contributed by atoms with Crippen molar-refractivity contribution in [3.05, 3.63) is 63.1 Å². The molecule has 9 nitrogen and oxygen atoms in total. The molecule has 1 aromatic heterocycles. The van der Waals surface area contributed by atoms with Crippen molar-refractivity contribution in [3.63, 3.8) is 0 Å². The predicted octanol–water partition coefficient (Wildman–Crippen LogP) is 3.29. The van der Waals surface area contributed by atoms with E-state index in [-0.39, 0.29) is 42.2 Å². The standard InChI is InChI=1S/C25H28ClF3N6O3/c1-14(15-6-2-3-7-17(15)25(27,28)29)35-19-9-10-33(12-16(19)21(31-35)23(30)36)22-18(26)13-34(32-24(22)37)20-8-4-5-11-38-20/h2-3,6-7,14,20H,4-5,8-13H2,1H3,(H2,30,36)(H,32,37). The maximum Gasteiger partial charge on any atom is 0.416 e. The zero-order chi connectivity index (χ0) is 27.2. The Labute approximate surface area is 222 Å². The smallest absolute Gasteiger partial charge is 0.364 e. The van der Waals surface area contributed by atoms with Crippen LogP contribution in [0.4, 0.5) is 13.2 Å². The second-order valence-corrected chi connectivity index (χ2v) is 10.1. The van der Waals surface area contributed by atoms with Gasteiger partial charge in [-0.2, -0.15) is 23.3 Å². The van der Waals surface area contributed by atoms with Crippen molar-refractivity contribution in [1.29, 1.82) is 0 Å². The number of alkyl halides is 3. The van der Waals surface area contributed by atoms with Crippen LogP contribution < -0.4 is 11.2 Å². The molecule has 2 aromatic rings. The number of fused-ring (bicyclic) bond motifs is 1. The van der Waals surface area contributed by atoms with Crippen molar-refractivity contribution in [2.45, 2.75) is 57.6 Å². The molecular formula is C25H28ClF3N6O3. The minimum Gasteiger partial charge on any atom is -0.364 e. The molecule has 3 N–H and O–H groups in total. The Bertz CT molecular complexity index is 1290. The van der Waals surface area contributed by atoms with Crippen LogP contribution >= 0.6 is 11.6 Å². The molecule has 3 aliphatic heterocycles. The first-order valence-electron chi connectivity index (χ1n) is 12.4. The second-order valence-electron chi connectivity index (χ2n) is 9.66. The number of carbonyl (C=O) groups is 2. The predicted molar refractivity (Wildman–Crippen MR) is 131 cm³/mol. The van der Waals surface area contributed by atoms with Crippen LogP contribution in [0.15, 0.2) is 35.0 Å². The van der Waals surface area contributed by atoms with Crippen molar-refractivity contribution in [2.75, 3.05) is 19.7 Å². The SMILES string of the molecule is CC(c1ccccc1C(F)(F)F)n1nc(C(N)=O)c2c1CCN(C1=C(Cl)CN(C3CCCCO3)NC1=O)C2. The molecule has 0 spiro atoms. The van der Waals surface area contributed by atoms with Crippen LogP contribution in [0.25, 0.3) is 0 Å². The molecule has 1 aromatic carbocycles. The van der Waals surface area contributed by atoms with Gasteiger partial charge in [-0.25, -0.2) is 0 Å². The van der Waals surface area contributed by atoms with Crippen molar-refractivity contribution in [3.8, 4) is 0 Å². The summed E-state index contributed by atoms with van der Waals surface area (Å²) in [7, 11) is 0. The fraction of sp³-hybridized carbons (Fsp3) is 0.480. The molecule has 0 aliphatic carbocycles. The number of nitrogens with zero attached hydrogens (tertiary/aromatic N) is 4. The molecule has 0 saturated carbocycles. The van der Waals surface area contributed by atoms with Gasteiger partial charge in [-0.15, -0.1) is 0 Å². The van der Waals surface area contributed by atoms with E-state index in [0.29, 0.717) is 35.9 Å². The zero-order valence-electron chi connectivity index (χ0n) is 20.7. The molecule has 2 atom stereocenters. The van der Waals surface area contributed by atoms with Crippen LogP contribution in [0.3, 0.4) is 0 Å². The number of benzene rings is 1. The summed E-state index contributed by atoms with van der Waals surface area (Å²) in [5.41, 5.74) is 9.06. The molecule has 4 heterocycles. The number of hydrogen-bond donors (Lipinski definition) is 2. The average Bonchev–Trinajstić information content (AvgIpc) is 3.27. The number of nitrogens with two attached hydrogens (primary N) is 1. The average molecular weight is 553 g/mol. The fourth-order valence-electron chi connectivity index (χ4n) is 5.44. The third kappa shape index (κ3) is 4.87. The van der Waals surface area contributed by atoms with Gasteiger partial charge in [-0.3, -0.25) is 19.7 Å². The van der Waals surface area contributed by atoms with Crippen LogP contribution in [-0.2, 0) is 28.7 Å². The van der Waals surface area contributed by atoms with Crippen LogP contribution in [0.2, 0.25) is 0 Å². The molecule has 1 saturated heterocycles. The Morgan fingerprint density at radius 3 is 2.68 bits per heavy atom. The van der Waals surface area contributed by atoms with E-state index < -0.39 is 23.7 Å². The highest BCUT2D eigenvalue weighted by molar-refractivity contribution is 6.32. The van der Waals surface area contributed by atoms with E-state index in [1.165, 1.54) is 22.9 Å². The lowest BCUT2D eigenvalue weighted by atomic mass is 9.99. The highest BCUT2D eigenvalue weighted by Gasteiger charge is 2.38. The summed E-state index contributed by atoms with van der Waals surface area (Å²) < 4.78 is 48.3. The van der Waals surface area contributed by atoms with E-state index in [1.807, 2.05) is 0 Å². The number of rotatable bonds is 5. The number of carbonyl (C=O) groups excluding carboxylic acids is 2. The molecular weight excluding hydrogens is 525 g/mol. The lowest BCUT2D eigenvalue weighted by Gasteiger charge is -2.40. The maximum absolute atomic E-state index is 13.7. The van der Waals surface area contributed by atoms with E-state index in [2.05, 4.69) is 10.5 Å². The number of halogens is 4. The summed E-state index contributed by atoms with van der Waals surface area (Å²) in [5.74, 6) is -1.19. The summed E-state index contributed by atoms with van der Waals surface area (Å²) in [6.07, 6.45) is -1.73. The normalized spacial score (nSPS) is 21.8.